The molecule has 0 fully saturated rings. The molecule has 0 bridgehead atoms. The number of imidazole rings is 1. The van der Waals surface area contributed by atoms with Crippen molar-refractivity contribution < 1.29 is 0 Å². The monoisotopic (exact) mass is 239 g/mol. The molecule has 1 aromatic carbocycles. The maximum Gasteiger partial charge on any atom is 0.199 e. The van der Waals surface area contributed by atoms with Gasteiger partial charge in [-0.15, -0.1) is 0 Å². The predicted octanol–water partition coefficient (Wildman–Crippen LogP) is 2.22. The molecule has 0 atom stereocenters. The first-order chi connectivity index (χ1) is 8.88. The highest BCUT2D eigenvalue weighted by Gasteiger charge is 2.11. The average molecular weight is 239 g/mol. The van der Waals surface area contributed by atoms with Gasteiger partial charge in [0, 0.05) is 12.1 Å². The highest BCUT2D eigenvalue weighted by atomic mass is 15.2. The van der Waals surface area contributed by atoms with Crippen molar-refractivity contribution in [2.75, 3.05) is 0 Å². The van der Waals surface area contributed by atoms with Crippen LogP contribution in [0, 0.1) is 0 Å². The van der Waals surface area contributed by atoms with E-state index in [1.807, 2.05) is 41.8 Å². The number of nitrogens with one attached hydrogen (secondary N) is 1. The van der Waals surface area contributed by atoms with Crippen molar-refractivity contribution in [1.82, 2.24) is 24.7 Å². The number of aromatic amines is 1. The van der Waals surface area contributed by atoms with Crippen LogP contribution in [0.4, 0.5) is 0 Å². The molecule has 0 unspecified atom stereocenters. The molecule has 1 N–H and O–H groups in total. The Morgan fingerprint density at radius 3 is 2.78 bits per heavy atom. The van der Waals surface area contributed by atoms with Crippen molar-refractivity contribution in [2.45, 2.75) is 13.3 Å². The predicted molar refractivity (Wildman–Crippen MR) is 68.3 cm³/mol. The summed E-state index contributed by atoms with van der Waals surface area (Å²) in [5.41, 5.74) is 1.94. The lowest BCUT2D eigenvalue weighted by molar-refractivity contribution is 0.946. The van der Waals surface area contributed by atoms with Crippen LogP contribution in [0.1, 0.15) is 12.7 Å². The summed E-state index contributed by atoms with van der Waals surface area (Å²) in [7, 11) is 0. The Morgan fingerprint density at radius 1 is 1.22 bits per heavy atom. The first-order valence-corrected chi connectivity index (χ1v) is 5.88. The van der Waals surface area contributed by atoms with Crippen LogP contribution < -0.4 is 0 Å². The first-order valence-electron chi connectivity index (χ1n) is 5.88. The molecule has 5 nitrogen and oxygen atoms in total. The summed E-state index contributed by atoms with van der Waals surface area (Å²) in [6.07, 6.45) is 4.38. The van der Waals surface area contributed by atoms with Crippen molar-refractivity contribution in [3.8, 4) is 17.2 Å². The van der Waals surface area contributed by atoms with E-state index in [0.29, 0.717) is 5.82 Å². The summed E-state index contributed by atoms with van der Waals surface area (Å²) in [6.45, 7) is 2.04. The molecule has 0 spiro atoms. The molecule has 3 rings (SSSR count). The number of para-hydroxylation sites is 1. The maximum absolute atomic E-state index is 4.43. The zero-order valence-corrected chi connectivity index (χ0v) is 10.0. The molecule has 0 amide bonds. The summed E-state index contributed by atoms with van der Waals surface area (Å²) in [4.78, 5) is 8.61. The topological polar surface area (TPSA) is 59.4 Å². The molecule has 0 aliphatic rings. The zero-order valence-electron chi connectivity index (χ0n) is 10.0. The van der Waals surface area contributed by atoms with E-state index in [2.05, 4.69) is 20.2 Å². The molecule has 3 aromatic rings. The van der Waals surface area contributed by atoms with E-state index < -0.39 is 0 Å². The number of aryl methyl sites for hydroxylation is 1. The van der Waals surface area contributed by atoms with Gasteiger partial charge in [-0.1, -0.05) is 25.1 Å². The maximum atomic E-state index is 4.43. The number of hydrogen-bond acceptors (Lipinski definition) is 3. The molecule has 0 saturated heterocycles. The van der Waals surface area contributed by atoms with E-state index in [9.17, 15) is 0 Å². The minimum absolute atomic E-state index is 0.674. The van der Waals surface area contributed by atoms with Crippen LogP contribution in [-0.2, 0) is 6.42 Å². The van der Waals surface area contributed by atoms with Gasteiger partial charge in [0.05, 0.1) is 12.5 Å². The van der Waals surface area contributed by atoms with Gasteiger partial charge < -0.3 is 0 Å². The van der Waals surface area contributed by atoms with E-state index in [1.54, 1.807) is 12.5 Å². The van der Waals surface area contributed by atoms with E-state index >= 15 is 0 Å². The second kappa shape index (κ2) is 4.44. The van der Waals surface area contributed by atoms with Gasteiger partial charge in [-0.25, -0.2) is 9.97 Å². The first kappa shape index (κ1) is 10.7. The van der Waals surface area contributed by atoms with Gasteiger partial charge in [0.2, 0.25) is 0 Å². The smallest absolute Gasteiger partial charge is 0.199 e. The van der Waals surface area contributed by atoms with Crippen LogP contribution in [0.15, 0.2) is 42.9 Å². The minimum Gasteiger partial charge on any atom is -0.296 e. The van der Waals surface area contributed by atoms with Gasteiger partial charge in [-0.3, -0.25) is 9.67 Å². The number of benzene rings is 1. The third kappa shape index (κ3) is 1.79. The molecule has 0 radical (unpaired) electrons. The van der Waals surface area contributed by atoms with Crippen molar-refractivity contribution in [2.24, 2.45) is 0 Å². The minimum atomic E-state index is 0.674. The lowest BCUT2D eigenvalue weighted by Gasteiger charge is -2.04. The van der Waals surface area contributed by atoms with Gasteiger partial charge in [-0.05, 0) is 12.1 Å². The van der Waals surface area contributed by atoms with Crippen molar-refractivity contribution >= 4 is 0 Å². The van der Waals surface area contributed by atoms with Gasteiger partial charge in [-0.2, -0.15) is 5.10 Å². The number of aromatic nitrogens is 5. The molecular formula is C13H13N5. The van der Waals surface area contributed by atoms with Crippen LogP contribution >= 0.6 is 0 Å². The molecule has 0 aliphatic carbocycles. The fraction of sp³-hybridized carbons (Fsp3) is 0.154. The van der Waals surface area contributed by atoms with E-state index in [4.69, 9.17) is 0 Å². The Morgan fingerprint density at radius 2 is 2.06 bits per heavy atom. The Kier molecular flexibility index (Phi) is 2.64. The molecular weight excluding hydrogens is 226 g/mol. The molecule has 90 valence electrons. The average Bonchev–Trinajstić information content (AvgIpc) is 3.08. The SMILES string of the molecule is CCc1nc(-c2cncn2-c2ccccc2)n[nH]1. The second-order valence-corrected chi connectivity index (χ2v) is 3.94. The van der Waals surface area contributed by atoms with E-state index in [1.165, 1.54) is 0 Å². The molecule has 0 saturated carbocycles. The van der Waals surface area contributed by atoms with Crippen molar-refractivity contribution in [1.29, 1.82) is 0 Å². The zero-order chi connectivity index (χ0) is 12.4. The summed E-state index contributed by atoms with van der Waals surface area (Å²) in [5, 5.41) is 7.14. The third-order valence-corrected chi connectivity index (χ3v) is 2.77. The lowest BCUT2D eigenvalue weighted by Crippen LogP contribution is -1.95. The number of rotatable bonds is 3. The molecule has 2 heterocycles. The highest BCUT2D eigenvalue weighted by Crippen LogP contribution is 2.19. The highest BCUT2D eigenvalue weighted by molar-refractivity contribution is 5.53. The Bertz CT molecular complexity index is 638. The van der Waals surface area contributed by atoms with E-state index in [0.717, 1.165) is 23.6 Å². The van der Waals surface area contributed by atoms with Crippen LogP contribution in [0.2, 0.25) is 0 Å². The summed E-state index contributed by atoms with van der Waals surface area (Å²) >= 11 is 0. The number of nitrogens with zero attached hydrogens (tertiary/aromatic N) is 4. The molecule has 5 heteroatoms. The summed E-state index contributed by atoms with van der Waals surface area (Å²) < 4.78 is 1.97. The van der Waals surface area contributed by atoms with E-state index in [-0.39, 0.29) is 0 Å². The third-order valence-electron chi connectivity index (χ3n) is 2.77. The summed E-state index contributed by atoms with van der Waals surface area (Å²) in [5.74, 6) is 1.55. The quantitative estimate of drug-likeness (QED) is 0.762. The largest absolute Gasteiger partial charge is 0.296 e. The fourth-order valence-electron chi connectivity index (χ4n) is 1.82. The van der Waals surface area contributed by atoms with Gasteiger partial charge in [0.1, 0.15) is 11.5 Å². The summed E-state index contributed by atoms with van der Waals surface area (Å²) in [6, 6.07) is 10.0. The number of H-pyrrole nitrogens is 1. The molecule has 0 aliphatic heterocycles. The van der Waals surface area contributed by atoms with Crippen LogP contribution in [0.25, 0.3) is 17.2 Å². The standard InChI is InChI=1S/C13H13N5/c1-2-12-15-13(17-16-12)11-8-14-9-18(11)10-6-4-3-5-7-10/h3-9H,2H2,1H3,(H,15,16,17). The van der Waals surface area contributed by atoms with Crippen molar-refractivity contribution in [3.05, 3.63) is 48.7 Å². The Balaban J connectivity index is 2.07. The van der Waals surface area contributed by atoms with Gasteiger partial charge >= 0.3 is 0 Å². The Labute approximate surface area is 105 Å². The van der Waals surface area contributed by atoms with Gasteiger partial charge in [0.25, 0.3) is 0 Å². The van der Waals surface area contributed by atoms with Crippen molar-refractivity contribution in [3.63, 3.8) is 0 Å². The van der Waals surface area contributed by atoms with Crippen LogP contribution in [-0.4, -0.2) is 24.7 Å². The molecule has 18 heavy (non-hydrogen) atoms. The fourth-order valence-corrected chi connectivity index (χ4v) is 1.82. The van der Waals surface area contributed by atoms with Crippen LogP contribution in [0.5, 0.6) is 0 Å². The lowest BCUT2D eigenvalue weighted by atomic mass is 10.3. The number of hydrogen-bond donors (Lipinski definition) is 1. The Hall–Kier alpha value is -2.43. The second-order valence-electron chi connectivity index (χ2n) is 3.94. The van der Waals surface area contributed by atoms with Gasteiger partial charge in [0.15, 0.2) is 5.82 Å². The molecule has 2 aromatic heterocycles. The van der Waals surface area contributed by atoms with Crippen LogP contribution in [0.3, 0.4) is 0 Å². The normalized spacial score (nSPS) is 10.7.